The van der Waals surface area contributed by atoms with Crippen molar-refractivity contribution in [2.45, 2.75) is 22.9 Å². The van der Waals surface area contributed by atoms with E-state index < -0.39 is 0 Å². The number of nitrogens with one attached hydrogen (secondary N) is 1. The highest BCUT2D eigenvalue weighted by atomic mass is 32.2. The van der Waals surface area contributed by atoms with E-state index in [2.05, 4.69) is 5.32 Å². The zero-order chi connectivity index (χ0) is 23.5. The smallest absolute Gasteiger partial charge is 0.256 e. The van der Waals surface area contributed by atoms with Crippen LogP contribution in [0.5, 0.6) is 0 Å². The van der Waals surface area contributed by atoms with Crippen molar-refractivity contribution in [3.8, 4) is 0 Å². The van der Waals surface area contributed by atoms with E-state index in [0.29, 0.717) is 28.9 Å². The number of halogens is 1. The lowest BCUT2D eigenvalue weighted by Gasteiger charge is -2.24. The molecule has 0 saturated carbocycles. The normalized spacial score (nSPS) is 12.2. The number of nitrogens with zero attached hydrogens (tertiary/aromatic N) is 1. The standard InChI is InChI=1S/C28H21FN2O2S/c29-23-12-6-4-10-21(23)18-31(17-19-8-2-1-3-9-19)28(33)20-14-15-26-24(16-20)30-27(32)22-11-5-7-13-25(22)34-26/h1-16H,17-18H2,(H,30,32). The molecule has 1 aliphatic heterocycles. The monoisotopic (exact) mass is 468 g/mol. The van der Waals surface area contributed by atoms with Crippen LogP contribution >= 0.6 is 11.8 Å². The number of hydrogen-bond acceptors (Lipinski definition) is 3. The Labute approximate surface area is 201 Å². The maximum Gasteiger partial charge on any atom is 0.256 e. The highest BCUT2D eigenvalue weighted by molar-refractivity contribution is 7.99. The topological polar surface area (TPSA) is 49.4 Å². The Morgan fingerprint density at radius 2 is 1.56 bits per heavy atom. The zero-order valence-electron chi connectivity index (χ0n) is 18.2. The summed E-state index contributed by atoms with van der Waals surface area (Å²) in [7, 11) is 0. The van der Waals surface area contributed by atoms with Gasteiger partial charge in [-0.05, 0) is 42.0 Å². The number of carbonyl (C=O) groups excluding carboxylic acids is 2. The highest BCUT2D eigenvalue weighted by Crippen LogP contribution is 2.39. The summed E-state index contributed by atoms with van der Waals surface area (Å²) in [6, 6.07) is 28.8. The molecule has 0 fully saturated rings. The maximum atomic E-state index is 14.4. The molecule has 0 atom stereocenters. The summed E-state index contributed by atoms with van der Waals surface area (Å²) in [6.45, 7) is 0.460. The average molecular weight is 469 g/mol. The number of rotatable bonds is 5. The number of amides is 2. The minimum absolute atomic E-state index is 0.129. The fraction of sp³-hybridized carbons (Fsp3) is 0.0714. The molecule has 0 unspecified atom stereocenters. The average Bonchev–Trinajstić information content (AvgIpc) is 3.00. The van der Waals surface area contributed by atoms with E-state index in [1.807, 2.05) is 54.6 Å². The quantitative estimate of drug-likeness (QED) is 0.369. The van der Waals surface area contributed by atoms with E-state index in [4.69, 9.17) is 0 Å². The summed E-state index contributed by atoms with van der Waals surface area (Å²) in [6.07, 6.45) is 0. The lowest BCUT2D eigenvalue weighted by molar-refractivity contribution is 0.0728. The molecular weight excluding hydrogens is 447 g/mol. The largest absolute Gasteiger partial charge is 0.330 e. The van der Waals surface area contributed by atoms with E-state index in [1.165, 1.54) is 17.8 Å². The number of hydrogen-bond donors (Lipinski definition) is 1. The molecule has 4 aromatic rings. The molecule has 34 heavy (non-hydrogen) atoms. The Hall–Kier alpha value is -3.90. The first kappa shape index (κ1) is 21.9. The Morgan fingerprint density at radius 3 is 2.38 bits per heavy atom. The summed E-state index contributed by atoms with van der Waals surface area (Å²) < 4.78 is 14.4. The Morgan fingerprint density at radius 1 is 0.824 bits per heavy atom. The Balaban J connectivity index is 1.47. The molecule has 4 nitrogen and oxygen atoms in total. The fourth-order valence-electron chi connectivity index (χ4n) is 3.92. The lowest BCUT2D eigenvalue weighted by atomic mass is 10.1. The van der Waals surface area contributed by atoms with Gasteiger partial charge in [0.2, 0.25) is 0 Å². The van der Waals surface area contributed by atoms with Gasteiger partial charge >= 0.3 is 0 Å². The number of fused-ring (bicyclic) bond motifs is 2. The lowest BCUT2D eigenvalue weighted by Crippen LogP contribution is -2.30. The van der Waals surface area contributed by atoms with Crippen LogP contribution in [0.2, 0.25) is 0 Å². The molecule has 0 aliphatic carbocycles. The number of benzene rings is 4. The molecule has 0 radical (unpaired) electrons. The van der Waals surface area contributed by atoms with E-state index in [-0.39, 0.29) is 24.2 Å². The van der Waals surface area contributed by atoms with Crippen molar-refractivity contribution in [2.24, 2.45) is 0 Å². The second-order valence-corrected chi connectivity index (χ2v) is 9.09. The predicted molar refractivity (Wildman–Crippen MR) is 131 cm³/mol. The molecule has 2 amide bonds. The van der Waals surface area contributed by atoms with Crippen LogP contribution in [0.15, 0.2) is 107 Å². The molecule has 0 saturated heterocycles. The summed E-state index contributed by atoms with van der Waals surface area (Å²) in [5, 5.41) is 2.93. The van der Waals surface area contributed by atoms with E-state index >= 15 is 0 Å². The number of anilines is 1. The van der Waals surface area contributed by atoms with Gasteiger partial charge in [-0.15, -0.1) is 0 Å². The van der Waals surface area contributed by atoms with Crippen molar-refractivity contribution in [3.05, 3.63) is 125 Å². The third-order valence-corrected chi connectivity index (χ3v) is 6.80. The van der Waals surface area contributed by atoms with Gasteiger partial charge in [0.1, 0.15) is 5.82 Å². The van der Waals surface area contributed by atoms with Crippen LogP contribution in [-0.2, 0) is 13.1 Å². The minimum Gasteiger partial charge on any atom is -0.330 e. The fourth-order valence-corrected chi connectivity index (χ4v) is 4.93. The van der Waals surface area contributed by atoms with Gasteiger partial charge < -0.3 is 10.2 Å². The first-order valence-electron chi connectivity index (χ1n) is 10.9. The van der Waals surface area contributed by atoms with Crippen molar-refractivity contribution >= 4 is 29.3 Å². The third-order valence-electron chi connectivity index (χ3n) is 5.65. The van der Waals surface area contributed by atoms with Gasteiger partial charge in [0.15, 0.2) is 0 Å². The van der Waals surface area contributed by atoms with Crippen LogP contribution in [0, 0.1) is 5.82 Å². The van der Waals surface area contributed by atoms with Crippen LogP contribution < -0.4 is 5.32 Å². The Bertz CT molecular complexity index is 1370. The SMILES string of the molecule is O=C1Nc2cc(C(=O)N(Cc3ccccc3)Cc3ccccc3F)ccc2Sc2ccccc21. The molecule has 0 bridgehead atoms. The van der Waals surface area contributed by atoms with Gasteiger partial charge in [-0.1, -0.05) is 72.4 Å². The minimum atomic E-state index is -0.350. The molecule has 1 aliphatic rings. The molecular formula is C28H21FN2O2S. The predicted octanol–water partition coefficient (Wildman–Crippen LogP) is 6.39. The van der Waals surface area contributed by atoms with Crippen LogP contribution in [-0.4, -0.2) is 16.7 Å². The van der Waals surface area contributed by atoms with Crippen molar-refractivity contribution in [1.82, 2.24) is 4.90 Å². The first-order chi connectivity index (χ1) is 16.6. The van der Waals surface area contributed by atoms with Crippen molar-refractivity contribution in [3.63, 3.8) is 0 Å². The van der Waals surface area contributed by atoms with Crippen molar-refractivity contribution < 1.29 is 14.0 Å². The van der Waals surface area contributed by atoms with Crippen molar-refractivity contribution in [1.29, 1.82) is 0 Å². The first-order valence-corrected chi connectivity index (χ1v) is 11.7. The van der Waals surface area contributed by atoms with Crippen LogP contribution in [0.25, 0.3) is 0 Å². The van der Waals surface area contributed by atoms with E-state index in [1.54, 1.807) is 41.3 Å². The maximum absolute atomic E-state index is 14.4. The zero-order valence-corrected chi connectivity index (χ0v) is 19.0. The molecule has 0 spiro atoms. The van der Waals surface area contributed by atoms with Gasteiger partial charge in [-0.3, -0.25) is 9.59 Å². The summed E-state index contributed by atoms with van der Waals surface area (Å²) >= 11 is 1.49. The summed E-state index contributed by atoms with van der Waals surface area (Å²) in [5.41, 5.74) is 3.00. The second-order valence-electron chi connectivity index (χ2n) is 8.00. The van der Waals surface area contributed by atoms with Gasteiger partial charge in [0.25, 0.3) is 11.8 Å². The number of carbonyl (C=O) groups is 2. The van der Waals surface area contributed by atoms with Crippen LogP contribution in [0.4, 0.5) is 10.1 Å². The van der Waals surface area contributed by atoms with Crippen LogP contribution in [0.1, 0.15) is 31.8 Å². The van der Waals surface area contributed by atoms with Gasteiger partial charge in [0, 0.05) is 34.0 Å². The van der Waals surface area contributed by atoms with Gasteiger partial charge in [-0.25, -0.2) is 4.39 Å². The molecule has 1 heterocycles. The third kappa shape index (κ3) is 4.58. The van der Waals surface area contributed by atoms with E-state index in [0.717, 1.165) is 15.4 Å². The van der Waals surface area contributed by atoms with E-state index in [9.17, 15) is 14.0 Å². The Kier molecular flexibility index (Phi) is 6.14. The molecule has 5 rings (SSSR count). The van der Waals surface area contributed by atoms with Gasteiger partial charge in [0.05, 0.1) is 11.3 Å². The summed E-state index contributed by atoms with van der Waals surface area (Å²) in [4.78, 5) is 29.7. The second kappa shape index (κ2) is 9.53. The molecule has 0 aromatic heterocycles. The van der Waals surface area contributed by atoms with Crippen molar-refractivity contribution in [2.75, 3.05) is 5.32 Å². The molecule has 4 aromatic carbocycles. The molecule has 1 N–H and O–H groups in total. The summed E-state index contributed by atoms with van der Waals surface area (Å²) in [5.74, 6) is -0.799. The van der Waals surface area contributed by atoms with Crippen LogP contribution in [0.3, 0.4) is 0 Å². The molecule has 6 heteroatoms. The van der Waals surface area contributed by atoms with Gasteiger partial charge in [-0.2, -0.15) is 0 Å². The molecule has 168 valence electrons. The highest BCUT2D eigenvalue weighted by Gasteiger charge is 2.23.